The molecule has 0 aliphatic carbocycles. The zero-order chi connectivity index (χ0) is 19.7. The van der Waals surface area contributed by atoms with E-state index < -0.39 is 0 Å². The number of nitrogens with zero attached hydrogens (tertiary/aromatic N) is 1. The Hall–Kier alpha value is -2.81. The lowest BCUT2D eigenvalue weighted by Gasteiger charge is -2.22. The van der Waals surface area contributed by atoms with Crippen molar-refractivity contribution in [2.24, 2.45) is 0 Å². The van der Waals surface area contributed by atoms with Gasteiger partial charge in [-0.15, -0.1) is 0 Å². The highest BCUT2D eigenvalue weighted by molar-refractivity contribution is 6.33. The third-order valence-corrected chi connectivity index (χ3v) is 5.41. The van der Waals surface area contributed by atoms with Crippen molar-refractivity contribution in [3.05, 3.63) is 111 Å². The molecule has 3 aromatic carbocycles. The fraction of sp³-hybridized carbons (Fsp3) is 0.0417. The lowest BCUT2D eigenvalue weighted by Crippen LogP contribution is -2.16. The molecule has 0 fully saturated rings. The van der Waals surface area contributed by atoms with Crippen molar-refractivity contribution in [1.29, 1.82) is 0 Å². The van der Waals surface area contributed by atoms with Gasteiger partial charge in [0.1, 0.15) is 0 Å². The summed E-state index contributed by atoms with van der Waals surface area (Å²) >= 11 is 13.0. The fourth-order valence-corrected chi connectivity index (χ4v) is 3.85. The van der Waals surface area contributed by atoms with Crippen LogP contribution in [0.3, 0.4) is 0 Å². The summed E-state index contributed by atoms with van der Waals surface area (Å²) in [7, 11) is 0. The molecule has 0 aliphatic heterocycles. The largest absolute Gasteiger partial charge is 0.309 e. The molecule has 0 saturated heterocycles. The van der Waals surface area contributed by atoms with Gasteiger partial charge in [0, 0.05) is 38.5 Å². The number of para-hydroxylation sites is 1. The molecule has 0 saturated carbocycles. The van der Waals surface area contributed by atoms with Gasteiger partial charge in [-0.25, -0.2) is 0 Å². The highest BCUT2D eigenvalue weighted by atomic mass is 35.5. The molecule has 1 aromatic heterocycles. The Morgan fingerprint density at radius 1 is 0.714 bits per heavy atom. The van der Waals surface area contributed by atoms with Crippen LogP contribution in [-0.2, 0) is 0 Å². The van der Waals surface area contributed by atoms with E-state index in [2.05, 4.69) is 4.57 Å². The number of halogens is 2. The summed E-state index contributed by atoms with van der Waals surface area (Å²) in [6.07, 6.45) is 0. The maximum Gasteiger partial charge on any atom is 0.185 e. The number of benzene rings is 3. The monoisotopic (exact) mass is 405 g/mol. The van der Waals surface area contributed by atoms with Crippen LogP contribution in [0.2, 0.25) is 10.0 Å². The first-order chi connectivity index (χ1) is 13.6. The molecular formula is C24H17Cl2NO. The molecule has 0 unspecified atom stereocenters. The standard InChI is InChI=1S/C24H17Cl2NO/c1-16-23(28)15-22(18-11-5-7-13-20(18)25)27(17-9-3-2-4-10-17)24(16)19-12-6-8-14-21(19)26/h2-15H,1H3. The summed E-state index contributed by atoms with van der Waals surface area (Å²) in [6.45, 7) is 1.83. The predicted octanol–water partition coefficient (Wildman–Crippen LogP) is 6.79. The summed E-state index contributed by atoms with van der Waals surface area (Å²) in [5.41, 5.74) is 4.58. The van der Waals surface area contributed by atoms with Gasteiger partial charge < -0.3 is 4.57 Å². The summed E-state index contributed by atoms with van der Waals surface area (Å²) < 4.78 is 2.05. The molecular weight excluding hydrogens is 389 g/mol. The molecule has 0 aliphatic rings. The van der Waals surface area contributed by atoms with Gasteiger partial charge in [0.15, 0.2) is 5.43 Å². The minimum Gasteiger partial charge on any atom is -0.309 e. The van der Waals surface area contributed by atoms with Gasteiger partial charge >= 0.3 is 0 Å². The van der Waals surface area contributed by atoms with Crippen LogP contribution in [0.4, 0.5) is 0 Å². The minimum atomic E-state index is -0.0583. The zero-order valence-electron chi connectivity index (χ0n) is 15.2. The quantitative estimate of drug-likeness (QED) is 0.367. The van der Waals surface area contributed by atoms with Gasteiger partial charge in [-0.1, -0.05) is 77.8 Å². The topological polar surface area (TPSA) is 22.0 Å². The van der Waals surface area contributed by atoms with E-state index in [1.54, 1.807) is 6.07 Å². The van der Waals surface area contributed by atoms with Crippen LogP contribution in [-0.4, -0.2) is 4.57 Å². The average molecular weight is 406 g/mol. The molecule has 2 nitrogen and oxygen atoms in total. The number of pyridine rings is 1. The van der Waals surface area contributed by atoms with Crippen LogP contribution in [0.25, 0.3) is 28.2 Å². The van der Waals surface area contributed by atoms with Crippen LogP contribution < -0.4 is 5.43 Å². The molecule has 0 N–H and O–H groups in total. The Morgan fingerprint density at radius 3 is 1.86 bits per heavy atom. The molecule has 4 heteroatoms. The van der Waals surface area contributed by atoms with E-state index in [-0.39, 0.29) is 5.43 Å². The Labute approximate surface area is 173 Å². The summed E-state index contributed by atoms with van der Waals surface area (Å²) in [4.78, 5) is 12.9. The van der Waals surface area contributed by atoms with Gasteiger partial charge in [0.2, 0.25) is 0 Å². The van der Waals surface area contributed by atoms with Crippen molar-refractivity contribution in [2.45, 2.75) is 6.92 Å². The van der Waals surface area contributed by atoms with E-state index in [1.165, 1.54) is 0 Å². The van der Waals surface area contributed by atoms with Crippen molar-refractivity contribution in [3.63, 3.8) is 0 Å². The predicted molar refractivity (Wildman–Crippen MR) is 118 cm³/mol. The maximum atomic E-state index is 12.9. The van der Waals surface area contributed by atoms with Crippen LogP contribution in [0.15, 0.2) is 89.7 Å². The van der Waals surface area contributed by atoms with Crippen molar-refractivity contribution in [1.82, 2.24) is 4.57 Å². The summed E-state index contributed by atoms with van der Waals surface area (Å²) in [6, 6.07) is 26.6. The third-order valence-electron chi connectivity index (χ3n) is 4.75. The van der Waals surface area contributed by atoms with Gasteiger partial charge in [-0.05, 0) is 31.2 Å². The summed E-state index contributed by atoms with van der Waals surface area (Å²) in [5, 5.41) is 1.17. The molecule has 0 radical (unpaired) electrons. The zero-order valence-corrected chi connectivity index (χ0v) is 16.7. The van der Waals surface area contributed by atoms with E-state index in [9.17, 15) is 4.79 Å². The van der Waals surface area contributed by atoms with Crippen molar-refractivity contribution >= 4 is 23.2 Å². The van der Waals surface area contributed by atoms with Crippen LogP contribution in [0.1, 0.15) is 5.56 Å². The molecule has 0 amide bonds. The van der Waals surface area contributed by atoms with E-state index >= 15 is 0 Å². The second kappa shape index (κ2) is 7.67. The third kappa shape index (κ3) is 3.26. The smallest absolute Gasteiger partial charge is 0.185 e. The Kier molecular flexibility index (Phi) is 5.08. The Bertz CT molecular complexity index is 1210. The lowest BCUT2D eigenvalue weighted by atomic mass is 10.0. The lowest BCUT2D eigenvalue weighted by molar-refractivity contribution is 1.04. The van der Waals surface area contributed by atoms with E-state index in [0.29, 0.717) is 15.6 Å². The first kappa shape index (κ1) is 18.5. The average Bonchev–Trinajstić information content (AvgIpc) is 2.71. The van der Waals surface area contributed by atoms with Crippen molar-refractivity contribution in [2.75, 3.05) is 0 Å². The van der Waals surface area contributed by atoms with Gasteiger partial charge in [0.25, 0.3) is 0 Å². The van der Waals surface area contributed by atoms with E-state index in [4.69, 9.17) is 23.2 Å². The molecule has 0 atom stereocenters. The number of rotatable bonds is 3. The number of aromatic nitrogens is 1. The van der Waals surface area contributed by atoms with E-state index in [0.717, 1.165) is 28.2 Å². The first-order valence-corrected chi connectivity index (χ1v) is 9.65. The molecule has 0 spiro atoms. The van der Waals surface area contributed by atoms with Crippen LogP contribution >= 0.6 is 23.2 Å². The van der Waals surface area contributed by atoms with Gasteiger partial charge in [-0.2, -0.15) is 0 Å². The first-order valence-electron chi connectivity index (χ1n) is 8.90. The number of hydrogen-bond donors (Lipinski definition) is 0. The van der Waals surface area contributed by atoms with Crippen molar-refractivity contribution < 1.29 is 0 Å². The fourth-order valence-electron chi connectivity index (χ4n) is 3.39. The Balaban J connectivity index is 2.19. The van der Waals surface area contributed by atoms with Gasteiger partial charge in [0.05, 0.1) is 11.4 Å². The van der Waals surface area contributed by atoms with Gasteiger partial charge in [-0.3, -0.25) is 4.79 Å². The van der Waals surface area contributed by atoms with E-state index in [1.807, 2.05) is 85.8 Å². The molecule has 28 heavy (non-hydrogen) atoms. The molecule has 138 valence electrons. The maximum absolute atomic E-state index is 12.9. The normalized spacial score (nSPS) is 10.8. The number of hydrogen-bond acceptors (Lipinski definition) is 1. The second-order valence-electron chi connectivity index (χ2n) is 6.50. The minimum absolute atomic E-state index is 0.0583. The molecule has 1 heterocycles. The van der Waals surface area contributed by atoms with Crippen LogP contribution in [0.5, 0.6) is 0 Å². The highest BCUT2D eigenvalue weighted by Gasteiger charge is 2.19. The highest BCUT2D eigenvalue weighted by Crippen LogP contribution is 2.36. The second-order valence-corrected chi connectivity index (χ2v) is 7.31. The SMILES string of the molecule is Cc1c(-c2ccccc2Cl)n(-c2ccccc2)c(-c2ccccc2Cl)cc1=O. The Morgan fingerprint density at radius 2 is 1.25 bits per heavy atom. The molecule has 0 bridgehead atoms. The summed E-state index contributed by atoms with van der Waals surface area (Å²) in [5.74, 6) is 0. The van der Waals surface area contributed by atoms with Crippen LogP contribution in [0, 0.1) is 6.92 Å². The molecule has 4 aromatic rings. The van der Waals surface area contributed by atoms with Crippen molar-refractivity contribution in [3.8, 4) is 28.2 Å². The molecule has 4 rings (SSSR count).